The lowest BCUT2D eigenvalue weighted by molar-refractivity contribution is 0.0527. The number of halogens is 2. The topological polar surface area (TPSA) is 74.8 Å². The Labute approximate surface area is 175 Å². The number of alkyl carbamates (subject to hydrolysis) is 1. The molecule has 0 spiro atoms. The van der Waals surface area contributed by atoms with Crippen LogP contribution in [0.3, 0.4) is 0 Å². The summed E-state index contributed by atoms with van der Waals surface area (Å²) in [6.45, 7) is 7.47. The quantitative estimate of drug-likeness (QED) is 0.229. The van der Waals surface area contributed by atoms with Crippen LogP contribution in [0.15, 0.2) is 33.7 Å². The monoisotopic (exact) mass is 526 g/mol. The zero-order chi connectivity index (χ0) is 18.0. The van der Waals surface area contributed by atoms with E-state index in [0.717, 1.165) is 16.9 Å². The zero-order valence-electron chi connectivity index (χ0n) is 15.2. The minimum Gasteiger partial charge on any atom is -0.444 e. The molecule has 0 heterocycles. The van der Waals surface area contributed by atoms with Crippen molar-refractivity contribution >= 4 is 52.0 Å². The number of rotatable bonds is 6. The highest BCUT2D eigenvalue weighted by Gasteiger charge is 2.15. The Balaban J connectivity index is 0.00000576. The number of ether oxygens (including phenoxy) is 1. The van der Waals surface area contributed by atoms with Crippen LogP contribution in [0.4, 0.5) is 4.79 Å². The van der Waals surface area contributed by atoms with Gasteiger partial charge in [0.15, 0.2) is 5.96 Å². The summed E-state index contributed by atoms with van der Waals surface area (Å²) >= 11 is 3.46. The van der Waals surface area contributed by atoms with Crippen LogP contribution in [0.5, 0.6) is 0 Å². The van der Waals surface area contributed by atoms with E-state index in [1.165, 1.54) is 5.56 Å². The van der Waals surface area contributed by atoms with E-state index in [9.17, 15) is 4.79 Å². The Bertz CT molecular complexity index is 562. The molecular formula is C17H28BrIN4O2. The Hall–Kier alpha value is -1.03. The van der Waals surface area contributed by atoms with Crippen LogP contribution in [0.2, 0.25) is 0 Å². The van der Waals surface area contributed by atoms with E-state index in [1.807, 2.05) is 32.9 Å². The third-order valence-corrected chi connectivity index (χ3v) is 3.38. The molecule has 0 radical (unpaired) electrons. The summed E-state index contributed by atoms with van der Waals surface area (Å²) in [6.07, 6.45) is 0.385. The SMILES string of the molecule is CN=C(NCCCNC(=O)OC(C)(C)C)NCc1cccc(Br)c1.I. The maximum atomic E-state index is 11.5. The summed E-state index contributed by atoms with van der Waals surface area (Å²) in [6, 6.07) is 8.11. The number of carbonyl (C=O) groups excluding carboxylic acids is 1. The molecule has 1 amide bonds. The highest BCUT2D eigenvalue weighted by atomic mass is 127. The molecule has 0 fully saturated rings. The van der Waals surface area contributed by atoms with Gasteiger partial charge in [-0.2, -0.15) is 0 Å². The lowest BCUT2D eigenvalue weighted by atomic mass is 10.2. The lowest BCUT2D eigenvalue weighted by Crippen LogP contribution is -2.39. The van der Waals surface area contributed by atoms with E-state index < -0.39 is 5.60 Å². The molecule has 1 rings (SSSR count). The van der Waals surface area contributed by atoms with Crippen molar-refractivity contribution in [1.82, 2.24) is 16.0 Å². The Morgan fingerprint density at radius 1 is 1.20 bits per heavy atom. The van der Waals surface area contributed by atoms with Crippen LogP contribution < -0.4 is 16.0 Å². The van der Waals surface area contributed by atoms with Gasteiger partial charge >= 0.3 is 6.09 Å². The number of nitrogens with one attached hydrogen (secondary N) is 3. The van der Waals surface area contributed by atoms with Gasteiger partial charge in [-0.15, -0.1) is 24.0 Å². The standard InChI is InChI=1S/C17H27BrN4O2.HI/c1-17(2,3)24-16(23)21-10-6-9-20-15(19-4)22-12-13-7-5-8-14(18)11-13;/h5,7-8,11H,6,9-10,12H2,1-4H3,(H,21,23)(H2,19,20,22);1H. The van der Waals surface area contributed by atoms with Gasteiger partial charge in [-0.3, -0.25) is 4.99 Å². The molecule has 3 N–H and O–H groups in total. The fourth-order valence-corrected chi connectivity index (χ4v) is 2.30. The first kappa shape index (κ1) is 24.0. The first-order valence-electron chi connectivity index (χ1n) is 7.96. The van der Waals surface area contributed by atoms with Crippen LogP contribution in [0, 0.1) is 0 Å². The third-order valence-electron chi connectivity index (χ3n) is 2.89. The second-order valence-electron chi connectivity index (χ2n) is 6.26. The summed E-state index contributed by atoms with van der Waals surface area (Å²) in [5, 5.41) is 9.19. The van der Waals surface area contributed by atoms with Gasteiger partial charge < -0.3 is 20.7 Å². The van der Waals surface area contributed by atoms with E-state index in [4.69, 9.17) is 4.74 Å². The van der Waals surface area contributed by atoms with E-state index in [-0.39, 0.29) is 30.1 Å². The van der Waals surface area contributed by atoms with Crippen LogP contribution in [0.25, 0.3) is 0 Å². The average molecular weight is 527 g/mol. The molecule has 0 aliphatic heterocycles. The van der Waals surface area contributed by atoms with Gasteiger partial charge in [0, 0.05) is 31.2 Å². The third kappa shape index (κ3) is 12.0. The molecule has 0 aliphatic rings. The molecule has 8 heteroatoms. The van der Waals surface area contributed by atoms with Crippen molar-refractivity contribution in [3.63, 3.8) is 0 Å². The summed E-state index contributed by atoms with van der Waals surface area (Å²) in [5.41, 5.74) is 0.694. The minimum absolute atomic E-state index is 0. The van der Waals surface area contributed by atoms with E-state index in [2.05, 4.69) is 49.0 Å². The number of aliphatic imine (C=N–C) groups is 1. The molecule has 0 unspecified atom stereocenters. The number of nitrogens with zero attached hydrogens (tertiary/aromatic N) is 1. The number of hydrogen-bond acceptors (Lipinski definition) is 3. The Kier molecular flexibility index (Phi) is 11.8. The highest BCUT2D eigenvalue weighted by molar-refractivity contribution is 14.0. The fourth-order valence-electron chi connectivity index (χ4n) is 1.85. The summed E-state index contributed by atoms with van der Waals surface area (Å²) in [5.74, 6) is 0.729. The maximum Gasteiger partial charge on any atom is 0.407 e. The van der Waals surface area contributed by atoms with E-state index >= 15 is 0 Å². The Morgan fingerprint density at radius 2 is 1.88 bits per heavy atom. The van der Waals surface area contributed by atoms with Crippen molar-refractivity contribution in [2.24, 2.45) is 4.99 Å². The molecule has 6 nitrogen and oxygen atoms in total. The number of carbonyl (C=O) groups is 1. The summed E-state index contributed by atoms with van der Waals surface area (Å²) in [7, 11) is 1.73. The lowest BCUT2D eigenvalue weighted by Gasteiger charge is -2.19. The Morgan fingerprint density at radius 3 is 2.48 bits per heavy atom. The number of guanidine groups is 1. The first-order valence-corrected chi connectivity index (χ1v) is 8.75. The molecule has 1 aromatic carbocycles. The average Bonchev–Trinajstić information content (AvgIpc) is 2.48. The second-order valence-corrected chi connectivity index (χ2v) is 7.18. The van der Waals surface area contributed by atoms with Crippen molar-refractivity contribution < 1.29 is 9.53 Å². The molecule has 0 bridgehead atoms. The fraction of sp³-hybridized carbons (Fsp3) is 0.529. The molecule has 0 aromatic heterocycles. The molecule has 0 aliphatic carbocycles. The molecule has 0 saturated carbocycles. The van der Waals surface area contributed by atoms with Crippen LogP contribution in [-0.4, -0.2) is 37.8 Å². The zero-order valence-corrected chi connectivity index (χ0v) is 19.1. The largest absolute Gasteiger partial charge is 0.444 e. The van der Waals surface area contributed by atoms with Crippen molar-refractivity contribution in [1.29, 1.82) is 0 Å². The van der Waals surface area contributed by atoms with Gasteiger partial charge in [-0.25, -0.2) is 4.79 Å². The molecule has 0 saturated heterocycles. The summed E-state index contributed by atoms with van der Waals surface area (Å²) in [4.78, 5) is 15.7. The van der Waals surface area contributed by atoms with E-state index in [1.54, 1.807) is 7.05 Å². The number of amides is 1. The van der Waals surface area contributed by atoms with Gasteiger partial charge in [0.2, 0.25) is 0 Å². The predicted molar refractivity (Wildman–Crippen MR) is 117 cm³/mol. The summed E-state index contributed by atoms with van der Waals surface area (Å²) < 4.78 is 6.23. The van der Waals surface area contributed by atoms with Crippen molar-refractivity contribution in [2.45, 2.75) is 39.3 Å². The van der Waals surface area contributed by atoms with Crippen molar-refractivity contribution in [2.75, 3.05) is 20.1 Å². The van der Waals surface area contributed by atoms with E-state index in [0.29, 0.717) is 19.6 Å². The molecule has 25 heavy (non-hydrogen) atoms. The van der Waals surface area contributed by atoms with Gasteiger partial charge in [-0.1, -0.05) is 28.1 Å². The number of hydrogen-bond donors (Lipinski definition) is 3. The number of benzene rings is 1. The minimum atomic E-state index is -0.472. The normalized spacial score (nSPS) is 11.3. The molecule has 0 atom stereocenters. The van der Waals surface area contributed by atoms with Gasteiger partial charge in [0.25, 0.3) is 0 Å². The van der Waals surface area contributed by atoms with Gasteiger partial charge in [0.05, 0.1) is 0 Å². The molecular weight excluding hydrogens is 499 g/mol. The maximum absolute atomic E-state index is 11.5. The van der Waals surface area contributed by atoms with Gasteiger partial charge in [-0.05, 0) is 44.9 Å². The smallest absolute Gasteiger partial charge is 0.407 e. The van der Waals surface area contributed by atoms with Gasteiger partial charge in [0.1, 0.15) is 5.60 Å². The van der Waals surface area contributed by atoms with Crippen LogP contribution in [-0.2, 0) is 11.3 Å². The predicted octanol–water partition coefficient (Wildman–Crippen LogP) is 3.65. The second kappa shape index (κ2) is 12.3. The first-order chi connectivity index (χ1) is 11.3. The molecule has 1 aromatic rings. The van der Waals surface area contributed by atoms with Crippen LogP contribution >= 0.6 is 39.9 Å². The van der Waals surface area contributed by atoms with Crippen LogP contribution in [0.1, 0.15) is 32.8 Å². The molecule has 142 valence electrons. The van der Waals surface area contributed by atoms with Crippen molar-refractivity contribution in [3.05, 3.63) is 34.3 Å². The highest BCUT2D eigenvalue weighted by Crippen LogP contribution is 2.11. The van der Waals surface area contributed by atoms with Crippen molar-refractivity contribution in [3.8, 4) is 0 Å².